The van der Waals surface area contributed by atoms with Crippen LogP contribution in [0.3, 0.4) is 0 Å². The van der Waals surface area contributed by atoms with Crippen LogP contribution < -0.4 is 5.32 Å². The zero-order valence-corrected chi connectivity index (χ0v) is 11.7. The van der Waals surface area contributed by atoms with E-state index in [0.717, 1.165) is 4.57 Å². The third-order valence-electron chi connectivity index (χ3n) is 3.43. The maximum absolute atomic E-state index is 12.7. The van der Waals surface area contributed by atoms with E-state index in [2.05, 4.69) is 21.6 Å². The number of alkyl halides is 3. The number of rotatable bonds is 5. The second kappa shape index (κ2) is 6.41. The minimum Gasteiger partial charge on any atom is -0.305 e. The Morgan fingerprint density at radius 2 is 2.14 bits per heavy atom. The Morgan fingerprint density at radius 1 is 1.38 bits per heavy atom. The Labute approximate surface area is 120 Å². The molecule has 21 heavy (non-hydrogen) atoms. The van der Waals surface area contributed by atoms with Crippen LogP contribution in [-0.4, -0.2) is 45.3 Å². The summed E-state index contributed by atoms with van der Waals surface area (Å²) in [5.41, 5.74) is 0. The molecule has 1 atom stereocenters. The van der Waals surface area contributed by atoms with Crippen molar-refractivity contribution in [2.45, 2.75) is 38.7 Å². The number of hydrogen-bond acceptors (Lipinski definition) is 5. The molecule has 2 heterocycles. The number of aromatic nitrogens is 3. The second-order valence-corrected chi connectivity index (χ2v) is 4.89. The highest BCUT2D eigenvalue weighted by atomic mass is 19.4. The van der Waals surface area contributed by atoms with Crippen molar-refractivity contribution in [3.63, 3.8) is 0 Å². The van der Waals surface area contributed by atoms with E-state index < -0.39 is 12.0 Å². The van der Waals surface area contributed by atoms with Gasteiger partial charge in [-0.15, -0.1) is 10.2 Å². The van der Waals surface area contributed by atoms with Gasteiger partial charge < -0.3 is 9.88 Å². The molecule has 0 bridgehead atoms. The molecule has 0 aromatic carbocycles. The maximum atomic E-state index is 12.7. The number of fused-ring (bicyclic) bond motifs is 1. The van der Waals surface area contributed by atoms with Gasteiger partial charge in [0.2, 0.25) is 5.82 Å². The fourth-order valence-electron chi connectivity index (χ4n) is 2.38. The van der Waals surface area contributed by atoms with Crippen LogP contribution in [0, 0.1) is 11.3 Å². The lowest BCUT2D eigenvalue weighted by atomic mass is 10.2. The van der Waals surface area contributed by atoms with Gasteiger partial charge in [-0.2, -0.15) is 18.4 Å². The van der Waals surface area contributed by atoms with Crippen molar-refractivity contribution < 1.29 is 13.2 Å². The lowest BCUT2D eigenvalue weighted by Crippen LogP contribution is -2.38. The molecule has 116 valence electrons. The first kappa shape index (κ1) is 15.7. The zero-order chi connectivity index (χ0) is 15.5. The Hall–Kier alpha value is -1.66. The fourth-order valence-corrected chi connectivity index (χ4v) is 2.38. The van der Waals surface area contributed by atoms with Gasteiger partial charge in [0.1, 0.15) is 5.82 Å². The zero-order valence-electron chi connectivity index (χ0n) is 11.7. The van der Waals surface area contributed by atoms with Crippen LogP contribution in [-0.2, 0) is 19.3 Å². The standard InChI is InChI=1S/C12H17F3N6/c1-2-17-9(7-16)3-4-20-5-6-21-10(8-20)18-19-11(21)12(13,14)15/h9,17H,2-6,8H2,1H3. The summed E-state index contributed by atoms with van der Waals surface area (Å²) in [5, 5.41) is 18.9. The van der Waals surface area contributed by atoms with Gasteiger partial charge in [0.25, 0.3) is 0 Å². The lowest BCUT2D eigenvalue weighted by molar-refractivity contribution is -0.148. The van der Waals surface area contributed by atoms with Crippen LogP contribution in [0.25, 0.3) is 0 Å². The van der Waals surface area contributed by atoms with Gasteiger partial charge in [-0.05, 0) is 13.0 Å². The molecule has 0 spiro atoms. The number of halogens is 3. The Bertz CT molecular complexity index is 518. The minimum atomic E-state index is -4.47. The van der Waals surface area contributed by atoms with E-state index in [1.807, 2.05) is 11.8 Å². The smallest absolute Gasteiger partial charge is 0.305 e. The summed E-state index contributed by atoms with van der Waals surface area (Å²) < 4.78 is 39.3. The van der Waals surface area contributed by atoms with Crippen LogP contribution in [0.1, 0.15) is 25.0 Å². The highest BCUT2D eigenvalue weighted by Crippen LogP contribution is 2.29. The molecule has 6 nitrogen and oxygen atoms in total. The summed E-state index contributed by atoms with van der Waals surface area (Å²) in [6.07, 6.45) is -3.84. The van der Waals surface area contributed by atoms with Crippen LogP contribution in [0.4, 0.5) is 13.2 Å². The van der Waals surface area contributed by atoms with E-state index in [1.54, 1.807) is 0 Å². The van der Waals surface area contributed by atoms with E-state index >= 15 is 0 Å². The Kier molecular flexibility index (Phi) is 4.80. The number of nitrogens with one attached hydrogen (secondary N) is 1. The van der Waals surface area contributed by atoms with Gasteiger partial charge in [-0.1, -0.05) is 6.92 Å². The number of nitriles is 1. The summed E-state index contributed by atoms with van der Waals surface area (Å²) >= 11 is 0. The van der Waals surface area contributed by atoms with Crippen molar-refractivity contribution in [2.75, 3.05) is 19.6 Å². The van der Waals surface area contributed by atoms with Gasteiger partial charge in [0.05, 0.1) is 18.7 Å². The van der Waals surface area contributed by atoms with E-state index in [4.69, 9.17) is 5.26 Å². The summed E-state index contributed by atoms with van der Waals surface area (Å²) in [7, 11) is 0. The SMILES string of the molecule is CCNC(C#N)CCN1CCn2c(nnc2C(F)(F)F)C1. The molecule has 1 aromatic heterocycles. The summed E-state index contributed by atoms with van der Waals surface area (Å²) in [6.45, 7) is 4.31. The lowest BCUT2D eigenvalue weighted by Gasteiger charge is -2.28. The number of nitrogens with zero attached hydrogens (tertiary/aromatic N) is 5. The van der Waals surface area contributed by atoms with Crippen LogP contribution in [0.5, 0.6) is 0 Å². The summed E-state index contributed by atoms with van der Waals surface area (Å²) in [5.74, 6) is -0.606. The van der Waals surface area contributed by atoms with Crippen LogP contribution in [0.2, 0.25) is 0 Å². The molecule has 1 aromatic rings. The van der Waals surface area contributed by atoms with Gasteiger partial charge in [-0.25, -0.2) is 0 Å². The molecule has 2 rings (SSSR count). The molecule has 0 aliphatic carbocycles. The third kappa shape index (κ3) is 3.71. The molecule has 0 radical (unpaired) electrons. The first-order valence-corrected chi connectivity index (χ1v) is 6.80. The van der Waals surface area contributed by atoms with Gasteiger partial charge in [0, 0.05) is 19.6 Å². The molecule has 1 unspecified atom stereocenters. The average molecular weight is 302 g/mol. The molecule has 1 aliphatic rings. The van der Waals surface area contributed by atoms with E-state index in [0.29, 0.717) is 38.4 Å². The first-order chi connectivity index (χ1) is 9.95. The van der Waals surface area contributed by atoms with Crippen molar-refractivity contribution in [3.05, 3.63) is 11.6 Å². The van der Waals surface area contributed by atoms with E-state index in [-0.39, 0.29) is 12.6 Å². The van der Waals surface area contributed by atoms with Gasteiger partial charge in [0.15, 0.2) is 0 Å². The van der Waals surface area contributed by atoms with Crippen LogP contribution >= 0.6 is 0 Å². The van der Waals surface area contributed by atoms with Gasteiger partial charge >= 0.3 is 6.18 Å². The fraction of sp³-hybridized carbons (Fsp3) is 0.750. The monoisotopic (exact) mass is 302 g/mol. The summed E-state index contributed by atoms with van der Waals surface area (Å²) in [6, 6.07) is 1.93. The third-order valence-corrected chi connectivity index (χ3v) is 3.43. The molecule has 0 fully saturated rings. The summed E-state index contributed by atoms with van der Waals surface area (Å²) in [4.78, 5) is 1.99. The van der Waals surface area contributed by atoms with Crippen molar-refractivity contribution in [2.24, 2.45) is 0 Å². The van der Waals surface area contributed by atoms with Gasteiger partial charge in [-0.3, -0.25) is 4.90 Å². The van der Waals surface area contributed by atoms with Crippen LogP contribution in [0.15, 0.2) is 0 Å². The molecular formula is C12H17F3N6. The van der Waals surface area contributed by atoms with Crippen molar-refractivity contribution in [1.82, 2.24) is 25.0 Å². The maximum Gasteiger partial charge on any atom is 0.451 e. The highest BCUT2D eigenvalue weighted by molar-refractivity contribution is 5.02. The number of hydrogen-bond donors (Lipinski definition) is 1. The second-order valence-electron chi connectivity index (χ2n) is 4.89. The Morgan fingerprint density at radius 3 is 2.76 bits per heavy atom. The molecule has 0 amide bonds. The molecule has 9 heteroatoms. The molecule has 0 saturated carbocycles. The molecule has 1 aliphatic heterocycles. The molecule has 1 N–H and O–H groups in total. The molecule has 0 saturated heterocycles. The predicted octanol–water partition coefficient (Wildman–Crippen LogP) is 1.00. The van der Waals surface area contributed by atoms with Crippen molar-refractivity contribution in [1.29, 1.82) is 5.26 Å². The molecular weight excluding hydrogens is 285 g/mol. The normalized spacial score (nSPS) is 17.3. The highest BCUT2D eigenvalue weighted by Gasteiger charge is 2.39. The predicted molar refractivity (Wildman–Crippen MR) is 68.0 cm³/mol. The topological polar surface area (TPSA) is 69.8 Å². The van der Waals surface area contributed by atoms with E-state index in [1.165, 1.54) is 0 Å². The van der Waals surface area contributed by atoms with Crippen molar-refractivity contribution >= 4 is 0 Å². The first-order valence-electron chi connectivity index (χ1n) is 6.80. The Balaban J connectivity index is 1.95. The van der Waals surface area contributed by atoms with E-state index in [9.17, 15) is 13.2 Å². The van der Waals surface area contributed by atoms with Crippen molar-refractivity contribution in [3.8, 4) is 6.07 Å². The largest absolute Gasteiger partial charge is 0.451 e. The average Bonchev–Trinajstić information content (AvgIpc) is 2.86. The quantitative estimate of drug-likeness (QED) is 0.879. The minimum absolute atomic E-state index is 0.218.